The van der Waals surface area contributed by atoms with Crippen molar-refractivity contribution in [1.29, 1.82) is 0 Å². The highest BCUT2D eigenvalue weighted by Gasteiger charge is 1.98. The second-order valence-corrected chi connectivity index (χ2v) is 2.94. The van der Waals surface area contributed by atoms with Gasteiger partial charge < -0.3 is 0 Å². The second kappa shape index (κ2) is 2.98. The van der Waals surface area contributed by atoms with Crippen LogP contribution < -0.4 is 0 Å². The van der Waals surface area contributed by atoms with Crippen molar-refractivity contribution < 1.29 is 0 Å². The average molecular weight is 170 g/mol. The number of rotatable bonds is 1. The summed E-state index contributed by atoms with van der Waals surface area (Å²) in [5, 5.41) is 1.12. The fourth-order valence-corrected chi connectivity index (χ4v) is 1.33. The molecule has 0 N–H and O–H groups in total. The number of hydrogen-bond acceptors (Lipinski definition) is 2. The van der Waals surface area contributed by atoms with E-state index in [0.717, 1.165) is 22.2 Å². The molecular formula is C11H10N2. The zero-order valence-corrected chi connectivity index (χ0v) is 7.49. The Morgan fingerprint density at radius 1 is 1.38 bits per heavy atom. The number of nitrogens with zero attached hydrogens (tertiary/aromatic N) is 2. The lowest BCUT2D eigenvalue weighted by molar-refractivity contribution is 1.20. The topological polar surface area (TPSA) is 25.8 Å². The molecule has 0 amide bonds. The number of aromatic nitrogens is 2. The molecule has 2 nitrogen and oxygen atoms in total. The van der Waals surface area contributed by atoms with Crippen molar-refractivity contribution in [1.82, 2.24) is 9.97 Å². The van der Waals surface area contributed by atoms with Crippen LogP contribution in [-0.2, 0) is 0 Å². The number of fused-ring (bicyclic) bond motifs is 1. The van der Waals surface area contributed by atoms with Crippen LogP contribution in [0.15, 0.2) is 31.1 Å². The minimum absolute atomic E-state index is 0.966. The summed E-state index contributed by atoms with van der Waals surface area (Å²) in [7, 11) is 0. The molecule has 0 atom stereocenters. The molecule has 0 unspecified atom stereocenters. The Balaban J connectivity index is 2.79. The summed E-state index contributed by atoms with van der Waals surface area (Å²) in [5.74, 6) is 0. The molecule has 2 aromatic heterocycles. The van der Waals surface area contributed by atoms with Crippen molar-refractivity contribution >= 4 is 17.0 Å². The molecule has 64 valence electrons. The Morgan fingerprint density at radius 2 is 2.23 bits per heavy atom. The maximum absolute atomic E-state index is 4.32. The van der Waals surface area contributed by atoms with Gasteiger partial charge in [0.1, 0.15) is 0 Å². The van der Waals surface area contributed by atoms with E-state index in [1.807, 2.05) is 19.2 Å². The average Bonchev–Trinajstić information content (AvgIpc) is 2.18. The molecule has 0 bridgehead atoms. The van der Waals surface area contributed by atoms with Gasteiger partial charge in [-0.25, -0.2) is 0 Å². The first-order valence-corrected chi connectivity index (χ1v) is 4.15. The van der Waals surface area contributed by atoms with Gasteiger partial charge in [-0.15, -0.1) is 0 Å². The van der Waals surface area contributed by atoms with Crippen molar-refractivity contribution in [3.63, 3.8) is 0 Å². The van der Waals surface area contributed by atoms with Gasteiger partial charge in [0.05, 0.1) is 11.2 Å². The van der Waals surface area contributed by atoms with Crippen LogP contribution >= 0.6 is 0 Å². The predicted molar refractivity (Wildman–Crippen MR) is 54.4 cm³/mol. The molecule has 0 spiro atoms. The molecule has 0 aliphatic heterocycles. The van der Waals surface area contributed by atoms with E-state index in [0.29, 0.717) is 0 Å². The van der Waals surface area contributed by atoms with E-state index < -0.39 is 0 Å². The van der Waals surface area contributed by atoms with Gasteiger partial charge in [0.2, 0.25) is 0 Å². The number of pyridine rings is 2. The normalized spacial score (nSPS) is 10.2. The standard InChI is InChI=1S/C11H10N2/c1-3-9-6-10-4-5-12-8(2)11(10)13-7-9/h3-7H,1H2,2H3. The van der Waals surface area contributed by atoms with Crippen molar-refractivity contribution in [3.8, 4) is 0 Å². The van der Waals surface area contributed by atoms with Gasteiger partial charge in [-0.1, -0.05) is 12.7 Å². The highest BCUT2D eigenvalue weighted by Crippen LogP contribution is 2.15. The monoisotopic (exact) mass is 170 g/mol. The molecule has 13 heavy (non-hydrogen) atoms. The van der Waals surface area contributed by atoms with Crippen LogP contribution in [0.5, 0.6) is 0 Å². The summed E-state index contributed by atoms with van der Waals surface area (Å²) in [4.78, 5) is 8.49. The number of aryl methyl sites for hydroxylation is 1. The molecule has 0 saturated carbocycles. The molecule has 0 aliphatic carbocycles. The van der Waals surface area contributed by atoms with E-state index in [-0.39, 0.29) is 0 Å². The molecule has 2 heteroatoms. The summed E-state index contributed by atoms with van der Waals surface area (Å²) in [6, 6.07) is 4.02. The van der Waals surface area contributed by atoms with E-state index >= 15 is 0 Å². The summed E-state index contributed by atoms with van der Waals surface area (Å²) < 4.78 is 0. The highest BCUT2D eigenvalue weighted by molar-refractivity contribution is 5.81. The Labute approximate surface area is 77.0 Å². The minimum Gasteiger partial charge on any atom is -0.259 e. The SMILES string of the molecule is C=Cc1cnc2c(C)nccc2c1. The molecule has 0 aliphatic rings. The Bertz CT molecular complexity index is 461. The lowest BCUT2D eigenvalue weighted by atomic mass is 10.2. The van der Waals surface area contributed by atoms with E-state index in [1.165, 1.54) is 0 Å². The zero-order valence-electron chi connectivity index (χ0n) is 7.49. The molecule has 0 saturated heterocycles. The largest absolute Gasteiger partial charge is 0.259 e. The van der Waals surface area contributed by atoms with Crippen LogP contribution in [0.4, 0.5) is 0 Å². The molecule has 2 rings (SSSR count). The van der Waals surface area contributed by atoms with E-state index in [9.17, 15) is 0 Å². The van der Waals surface area contributed by atoms with Gasteiger partial charge in [0.15, 0.2) is 0 Å². The fraction of sp³-hybridized carbons (Fsp3) is 0.0909. The van der Waals surface area contributed by atoms with Crippen LogP contribution in [0.25, 0.3) is 17.0 Å². The second-order valence-electron chi connectivity index (χ2n) is 2.94. The summed E-state index contributed by atoms with van der Waals surface area (Å²) >= 11 is 0. The van der Waals surface area contributed by atoms with E-state index in [4.69, 9.17) is 0 Å². The van der Waals surface area contributed by atoms with Crippen LogP contribution in [-0.4, -0.2) is 9.97 Å². The Morgan fingerprint density at radius 3 is 3.00 bits per heavy atom. The molecule has 2 aromatic rings. The third kappa shape index (κ3) is 1.31. The number of hydrogen-bond donors (Lipinski definition) is 0. The van der Waals surface area contributed by atoms with Crippen LogP contribution in [0, 0.1) is 6.92 Å². The predicted octanol–water partition coefficient (Wildman–Crippen LogP) is 2.58. The third-order valence-corrected chi connectivity index (χ3v) is 2.04. The Hall–Kier alpha value is -1.70. The van der Waals surface area contributed by atoms with Gasteiger partial charge in [0.25, 0.3) is 0 Å². The van der Waals surface area contributed by atoms with Crippen LogP contribution in [0.2, 0.25) is 0 Å². The first kappa shape index (κ1) is 7.92. The minimum atomic E-state index is 0.966. The Kier molecular flexibility index (Phi) is 1.81. The summed E-state index contributed by atoms with van der Waals surface area (Å²) in [5.41, 5.74) is 2.97. The van der Waals surface area contributed by atoms with Crippen LogP contribution in [0.3, 0.4) is 0 Å². The van der Waals surface area contributed by atoms with Gasteiger partial charge in [-0.05, 0) is 24.6 Å². The lowest BCUT2D eigenvalue weighted by Gasteiger charge is -2.00. The maximum Gasteiger partial charge on any atom is 0.0914 e. The van der Waals surface area contributed by atoms with Gasteiger partial charge >= 0.3 is 0 Å². The quantitative estimate of drug-likeness (QED) is 0.657. The van der Waals surface area contributed by atoms with Gasteiger partial charge in [0, 0.05) is 17.8 Å². The molecule has 0 radical (unpaired) electrons. The molecular weight excluding hydrogens is 160 g/mol. The molecule has 0 fully saturated rings. The highest BCUT2D eigenvalue weighted by atomic mass is 14.7. The fourth-order valence-electron chi connectivity index (χ4n) is 1.33. The van der Waals surface area contributed by atoms with Gasteiger partial charge in [-0.2, -0.15) is 0 Å². The smallest absolute Gasteiger partial charge is 0.0914 e. The summed E-state index contributed by atoms with van der Waals surface area (Å²) in [6.45, 7) is 5.67. The first-order chi connectivity index (χ1) is 6.31. The zero-order chi connectivity index (χ0) is 9.26. The van der Waals surface area contributed by atoms with Crippen molar-refractivity contribution in [2.75, 3.05) is 0 Å². The lowest BCUT2D eigenvalue weighted by Crippen LogP contribution is -1.87. The first-order valence-electron chi connectivity index (χ1n) is 4.15. The molecule has 0 aromatic carbocycles. The summed E-state index contributed by atoms with van der Waals surface area (Å²) in [6.07, 6.45) is 5.40. The maximum atomic E-state index is 4.32. The van der Waals surface area contributed by atoms with E-state index in [1.54, 1.807) is 12.3 Å². The van der Waals surface area contributed by atoms with Crippen molar-refractivity contribution in [2.24, 2.45) is 0 Å². The van der Waals surface area contributed by atoms with Gasteiger partial charge in [-0.3, -0.25) is 9.97 Å². The van der Waals surface area contributed by atoms with Crippen molar-refractivity contribution in [3.05, 3.63) is 42.4 Å². The van der Waals surface area contributed by atoms with Crippen LogP contribution in [0.1, 0.15) is 11.3 Å². The van der Waals surface area contributed by atoms with Crippen molar-refractivity contribution in [2.45, 2.75) is 6.92 Å². The molecule has 2 heterocycles. The van der Waals surface area contributed by atoms with E-state index in [2.05, 4.69) is 22.6 Å². The third-order valence-electron chi connectivity index (χ3n) is 2.04.